The summed E-state index contributed by atoms with van der Waals surface area (Å²) >= 11 is 3.46. The molecule has 8 aromatic carbocycles. The van der Waals surface area contributed by atoms with Gasteiger partial charge in [0.2, 0.25) is 0 Å². The second-order valence-electron chi connectivity index (χ2n) is 14.2. The van der Waals surface area contributed by atoms with Crippen LogP contribution in [0.2, 0.25) is 0 Å². The van der Waals surface area contributed by atoms with Gasteiger partial charge in [-0.15, -0.1) is 22.7 Å². The third kappa shape index (κ3) is 5.24. The molecule has 0 atom stereocenters. The molecular weight excluding hydrogens is 719 g/mol. The van der Waals surface area contributed by atoms with Gasteiger partial charge in [0.15, 0.2) is 0 Å². The van der Waals surface area contributed by atoms with Crippen molar-refractivity contribution in [2.24, 2.45) is 0 Å². The Morgan fingerprint density at radius 2 is 0.821 bits per heavy atom. The molecule has 56 heavy (non-hydrogen) atoms. The lowest BCUT2D eigenvalue weighted by Gasteiger charge is -2.35. The van der Waals surface area contributed by atoms with E-state index in [1.165, 1.54) is 42.8 Å². The van der Waals surface area contributed by atoms with Crippen molar-refractivity contribution in [2.75, 3.05) is 4.90 Å². The molecule has 0 saturated carbocycles. The molecule has 0 amide bonds. The lowest BCUT2D eigenvalue weighted by molar-refractivity contribution is 0.768. The molecule has 0 bridgehead atoms. The minimum atomic E-state index is -0.496. The highest BCUT2D eigenvalue weighted by molar-refractivity contribution is 7.22. The van der Waals surface area contributed by atoms with Crippen molar-refractivity contribution >= 4 is 60.2 Å². The standard InChI is InChI=1S/C51H33N3S2/c1-3-13-36(14-4-1)51(37-15-5-2-6-16-37)43-18-8-7-17-41(43)42-32-31-40(33-44(42)51)54(38-27-23-34(24-28-38)49-52-45-19-9-11-21-47(45)55-49)39-29-25-35(26-30-39)50-53-46-20-10-12-22-48(46)56-50/h1-33H. The van der Waals surface area contributed by atoms with Gasteiger partial charge in [0.05, 0.1) is 25.8 Å². The van der Waals surface area contributed by atoms with Crippen LogP contribution in [0.5, 0.6) is 0 Å². The van der Waals surface area contributed by atoms with E-state index in [-0.39, 0.29) is 0 Å². The highest BCUT2D eigenvalue weighted by atomic mass is 32.1. The zero-order chi connectivity index (χ0) is 37.1. The SMILES string of the molecule is c1ccc(C2(c3ccccc3)c3ccccc3-c3ccc(N(c4ccc(-c5nc6ccccc6s5)cc4)c4ccc(-c5nc6ccccc6s5)cc4)cc32)cc1. The Hall–Kier alpha value is -6.66. The normalized spacial score (nSPS) is 12.8. The maximum atomic E-state index is 4.96. The van der Waals surface area contributed by atoms with Gasteiger partial charge in [0, 0.05) is 28.2 Å². The van der Waals surface area contributed by atoms with Crippen LogP contribution in [0.15, 0.2) is 200 Å². The molecule has 0 spiro atoms. The van der Waals surface area contributed by atoms with Crippen molar-refractivity contribution in [1.82, 2.24) is 9.97 Å². The lowest BCUT2D eigenvalue weighted by atomic mass is 9.67. The molecule has 0 unspecified atom stereocenters. The molecule has 0 aliphatic heterocycles. The van der Waals surface area contributed by atoms with E-state index < -0.39 is 5.41 Å². The Morgan fingerprint density at radius 1 is 0.375 bits per heavy atom. The summed E-state index contributed by atoms with van der Waals surface area (Å²) in [4.78, 5) is 12.3. The van der Waals surface area contributed by atoms with Crippen LogP contribution in [0, 0.1) is 0 Å². The van der Waals surface area contributed by atoms with Crippen molar-refractivity contribution in [3.05, 3.63) is 222 Å². The molecule has 0 saturated heterocycles. The van der Waals surface area contributed by atoms with E-state index >= 15 is 0 Å². The van der Waals surface area contributed by atoms with Gasteiger partial charge in [-0.25, -0.2) is 9.97 Å². The third-order valence-electron chi connectivity index (χ3n) is 11.0. The van der Waals surface area contributed by atoms with Gasteiger partial charge in [-0.05, 0) is 118 Å². The highest BCUT2D eigenvalue weighted by Crippen LogP contribution is 2.57. The molecular formula is C51H33N3S2. The van der Waals surface area contributed by atoms with Gasteiger partial charge >= 0.3 is 0 Å². The first kappa shape index (κ1) is 32.7. The molecule has 10 aromatic rings. The van der Waals surface area contributed by atoms with Crippen LogP contribution in [0.25, 0.3) is 52.7 Å². The van der Waals surface area contributed by atoms with E-state index in [1.54, 1.807) is 22.7 Å². The molecule has 11 rings (SSSR count). The second kappa shape index (κ2) is 13.3. The Morgan fingerprint density at radius 3 is 1.36 bits per heavy atom. The third-order valence-corrected chi connectivity index (χ3v) is 13.2. The van der Waals surface area contributed by atoms with Gasteiger partial charge in [-0.3, -0.25) is 0 Å². The van der Waals surface area contributed by atoms with Crippen molar-refractivity contribution in [3.63, 3.8) is 0 Å². The number of anilines is 3. The average Bonchev–Trinajstić information content (AvgIpc) is 3.98. The molecule has 3 nitrogen and oxygen atoms in total. The molecule has 264 valence electrons. The maximum Gasteiger partial charge on any atom is 0.124 e. The monoisotopic (exact) mass is 751 g/mol. The predicted molar refractivity (Wildman–Crippen MR) is 236 cm³/mol. The van der Waals surface area contributed by atoms with Gasteiger partial charge in [0.1, 0.15) is 10.0 Å². The first-order chi connectivity index (χ1) is 27.7. The van der Waals surface area contributed by atoms with E-state index in [1.807, 2.05) is 12.1 Å². The topological polar surface area (TPSA) is 29.0 Å². The Balaban J connectivity index is 1.09. The molecule has 2 heterocycles. The number of aromatic nitrogens is 2. The van der Waals surface area contributed by atoms with E-state index in [4.69, 9.17) is 9.97 Å². The molecule has 0 fully saturated rings. The fourth-order valence-electron chi connectivity index (χ4n) is 8.52. The van der Waals surface area contributed by atoms with E-state index in [2.05, 4.69) is 193 Å². The average molecular weight is 752 g/mol. The lowest BCUT2D eigenvalue weighted by Crippen LogP contribution is -2.28. The van der Waals surface area contributed by atoms with Crippen molar-refractivity contribution in [2.45, 2.75) is 5.41 Å². The second-order valence-corrected chi connectivity index (χ2v) is 16.2. The summed E-state index contributed by atoms with van der Waals surface area (Å²) in [5.41, 5.74) is 14.6. The number of rotatable bonds is 7. The quantitative estimate of drug-likeness (QED) is 0.162. The number of nitrogens with zero attached hydrogens (tertiary/aromatic N) is 3. The number of fused-ring (bicyclic) bond motifs is 5. The first-order valence-electron chi connectivity index (χ1n) is 18.8. The van der Waals surface area contributed by atoms with Gasteiger partial charge < -0.3 is 4.90 Å². The van der Waals surface area contributed by atoms with Crippen LogP contribution < -0.4 is 4.90 Å². The number of thiazole rings is 2. The minimum absolute atomic E-state index is 0.496. The molecule has 0 radical (unpaired) electrons. The fourth-order valence-corrected chi connectivity index (χ4v) is 10.5. The number of hydrogen-bond donors (Lipinski definition) is 0. The summed E-state index contributed by atoms with van der Waals surface area (Å²) in [6.45, 7) is 0. The molecule has 1 aliphatic rings. The van der Waals surface area contributed by atoms with Crippen molar-refractivity contribution in [3.8, 4) is 32.3 Å². The summed E-state index contributed by atoms with van der Waals surface area (Å²) in [7, 11) is 0. The molecule has 0 N–H and O–H groups in total. The minimum Gasteiger partial charge on any atom is -0.310 e. The highest BCUT2D eigenvalue weighted by Gasteiger charge is 2.46. The first-order valence-corrected chi connectivity index (χ1v) is 20.4. The number of para-hydroxylation sites is 2. The Labute approximate surface area is 333 Å². The van der Waals surface area contributed by atoms with E-state index in [0.717, 1.165) is 49.2 Å². The zero-order valence-electron chi connectivity index (χ0n) is 30.2. The van der Waals surface area contributed by atoms with Crippen LogP contribution >= 0.6 is 22.7 Å². The van der Waals surface area contributed by atoms with Crippen molar-refractivity contribution < 1.29 is 0 Å². The number of benzene rings is 8. The van der Waals surface area contributed by atoms with E-state index in [0.29, 0.717) is 0 Å². The van der Waals surface area contributed by atoms with Gasteiger partial charge in [-0.2, -0.15) is 0 Å². The largest absolute Gasteiger partial charge is 0.310 e. The summed E-state index contributed by atoms with van der Waals surface area (Å²) < 4.78 is 2.39. The van der Waals surface area contributed by atoms with Crippen LogP contribution in [-0.2, 0) is 5.41 Å². The van der Waals surface area contributed by atoms with Gasteiger partial charge in [0.25, 0.3) is 0 Å². The summed E-state index contributed by atoms with van der Waals surface area (Å²) in [6.07, 6.45) is 0. The van der Waals surface area contributed by atoms with Crippen LogP contribution in [0.1, 0.15) is 22.3 Å². The Bertz CT molecular complexity index is 2800. The predicted octanol–water partition coefficient (Wildman–Crippen LogP) is 14.1. The van der Waals surface area contributed by atoms with Crippen LogP contribution in [-0.4, -0.2) is 9.97 Å². The fraction of sp³-hybridized carbons (Fsp3) is 0.0196. The smallest absolute Gasteiger partial charge is 0.124 e. The van der Waals surface area contributed by atoms with Gasteiger partial charge in [-0.1, -0.05) is 115 Å². The Kier molecular flexibility index (Phi) is 7.76. The summed E-state index contributed by atoms with van der Waals surface area (Å²) in [5.74, 6) is 0. The van der Waals surface area contributed by atoms with Crippen LogP contribution in [0.3, 0.4) is 0 Å². The van der Waals surface area contributed by atoms with E-state index in [9.17, 15) is 0 Å². The maximum absolute atomic E-state index is 4.96. The molecule has 2 aromatic heterocycles. The molecule has 1 aliphatic carbocycles. The zero-order valence-corrected chi connectivity index (χ0v) is 31.8. The number of hydrogen-bond acceptors (Lipinski definition) is 5. The van der Waals surface area contributed by atoms with Crippen LogP contribution in [0.4, 0.5) is 17.1 Å². The summed E-state index contributed by atoms with van der Waals surface area (Å²) in [6, 6.07) is 72.4. The van der Waals surface area contributed by atoms with Crippen molar-refractivity contribution in [1.29, 1.82) is 0 Å². The summed E-state index contributed by atoms with van der Waals surface area (Å²) in [5, 5.41) is 2.05. The molecule has 5 heteroatoms.